The molecule has 0 bridgehead atoms. The topological polar surface area (TPSA) is 88.5 Å². The van der Waals surface area contributed by atoms with Crippen molar-refractivity contribution in [3.8, 4) is 11.5 Å². The van der Waals surface area contributed by atoms with Crippen LogP contribution in [0.5, 0.6) is 11.5 Å². The lowest BCUT2D eigenvalue weighted by atomic mass is 9.89. The molecule has 0 unspecified atom stereocenters. The average Bonchev–Trinajstić information content (AvgIpc) is 2.87. The molecule has 2 atom stereocenters. The largest absolute Gasteiger partial charge is 0.486 e. The molecule has 5 rings (SSSR count). The predicted molar refractivity (Wildman–Crippen MR) is 127 cm³/mol. The van der Waals surface area contributed by atoms with Gasteiger partial charge in [0, 0.05) is 38.8 Å². The Hall–Kier alpha value is -2.17. The standard InChI is InChI=1S/C25H32N2O6S/c28-20(18-33-23-7-3-5-19-4-1-2-6-22(19)23)17-26-10-12-27(13-11-26)34(29,30)21-8-9-24-25(16-21)32-15-14-31-24/h1-2,4,6,8-9,16,20,23,28H,3,5,7,10-15,17-18H2/t20-,23-/m1/s1. The Balaban J connectivity index is 1.11. The second kappa shape index (κ2) is 10.2. The predicted octanol–water partition coefficient (Wildman–Crippen LogP) is 2.22. The van der Waals surface area contributed by atoms with Gasteiger partial charge in [-0.15, -0.1) is 0 Å². The third kappa shape index (κ3) is 5.08. The van der Waals surface area contributed by atoms with Crippen LogP contribution in [0.4, 0.5) is 0 Å². The fourth-order valence-corrected chi connectivity index (χ4v) is 6.38. The van der Waals surface area contributed by atoms with E-state index in [0.29, 0.717) is 57.4 Å². The second-order valence-corrected chi connectivity index (χ2v) is 11.0. The van der Waals surface area contributed by atoms with Crippen LogP contribution in [0.15, 0.2) is 47.4 Å². The lowest BCUT2D eigenvalue weighted by Gasteiger charge is -2.35. The molecule has 2 aliphatic heterocycles. The van der Waals surface area contributed by atoms with Crippen LogP contribution in [-0.4, -0.2) is 81.4 Å². The Morgan fingerprint density at radius 3 is 2.62 bits per heavy atom. The molecule has 0 radical (unpaired) electrons. The zero-order valence-electron chi connectivity index (χ0n) is 19.3. The van der Waals surface area contributed by atoms with Gasteiger partial charge in [-0.25, -0.2) is 8.42 Å². The highest BCUT2D eigenvalue weighted by atomic mass is 32.2. The number of aliphatic hydroxyl groups excluding tert-OH is 1. The molecule has 0 amide bonds. The van der Waals surface area contributed by atoms with Gasteiger partial charge < -0.3 is 19.3 Å². The molecule has 3 aliphatic rings. The summed E-state index contributed by atoms with van der Waals surface area (Å²) in [6, 6.07) is 13.1. The Bertz CT molecular complexity index is 1100. The average molecular weight is 489 g/mol. The van der Waals surface area contributed by atoms with Crippen LogP contribution in [0, 0.1) is 0 Å². The number of benzene rings is 2. The number of nitrogens with zero attached hydrogens (tertiary/aromatic N) is 2. The van der Waals surface area contributed by atoms with E-state index in [4.69, 9.17) is 14.2 Å². The Kier molecular flexibility index (Phi) is 7.08. The molecule has 9 heteroatoms. The second-order valence-electron chi connectivity index (χ2n) is 9.08. The van der Waals surface area contributed by atoms with Gasteiger partial charge in [0.2, 0.25) is 10.0 Å². The number of β-amino-alcohol motifs (C(OH)–C–C–N with tert-alkyl or cyclic N) is 1. The van der Waals surface area contributed by atoms with Gasteiger partial charge in [0.1, 0.15) is 13.2 Å². The van der Waals surface area contributed by atoms with Crippen molar-refractivity contribution in [1.29, 1.82) is 0 Å². The van der Waals surface area contributed by atoms with Crippen LogP contribution in [0.1, 0.15) is 30.1 Å². The van der Waals surface area contributed by atoms with Crippen LogP contribution in [0.3, 0.4) is 0 Å². The number of fused-ring (bicyclic) bond motifs is 2. The summed E-state index contributed by atoms with van der Waals surface area (Å²) in [4.78, 5) is 2.31. The minimum atomic E-state index is -3.62. The zero-order valence-corrected chi connectivity index (χ0v) is 20.1. The zero-order chi connectivity index (χ0) is 23.5. The Labute approximate surface area is 201 Å². The van der Waals surface area contributed by atoms with Gasteiger partial charge in [-0.1, -0.05) is 24.3 Å². The summed E-state index contributed by atoms with van der Waals surface area (Å²) in [6.07, 6.45) is 2.57. The van der Waals surface area contributed by atoms with Crippen molar-refractivity contribution < 1.29 is 27.7 Å². The quantitative estimate of drug-likeness (QED) is 0.639. The summed E-state index contributed by atoms with van der Waals surface area (Å²) in [5.41, 5.74) is 2.57. The van der Waals surface area contributed by atoms with Crippen LogP contribution >= 0.6 is 0 Å². The third-order valence-electron chi connectivity index (χ3n) is 6.76. The highest BCUT2D eigenvalue weighted by molar-refractivity contribution is 7.89. The first kappa shape index (κ1) is 23.6. The molecule has 1 fully saturated rings. The third-order valence-corrected chi connectivity index (χ3v) is 8.65. The molecule has 184 valence electrons. The molecule has 8 nitrogen and oxygen atoms in total. The summed E-state index contributed by atoms with van der Waals surface area (Å²) < 4.78 is 44.9. The SMILES string of the molecule is O=S(=O)(c1ccc2c(c1)OCCO2)N1CCN(C[C@@H](O)CO[C@@H]2CCCc3ccccc32)CC1. The van der Waals surface area contributed by atoms with E-state index in [0.717, 1.165) is 19.3 Å². The van der Waals surface area contributed by atoms with E-state index in [1.807, 2.05) is 6.07 Å². The first-order valence-electron chi connectivity index (χ1n) is 12.0. The van der Waals surface area contributed by atoms with Crippen LogP contribution < -0.4 is 9.47 Å². The van der Waals surface area contributed by atoms with Gasteiger partial charge >= 0.3 is 0 Å². The highest BCUT2D eigenvalue weighted by Crippen LogP contribution is 2.34. The molecule has 2 aromatic carbocycles. The van der Waals surface area contributed by atoms with E-state index < -0.39 is 16.1 Å². The van der Waals surface area contributed by atoms with E-state index in [-0.39, 0.29) is 17.6 Å². The van der Waals surface area contributed by atoms with Gasteiger partial charge in [0.05, 0.1) is 23.7 Å². The summed E-state index contributed by atoms with van der Waals surface area (Å²) >= 11 is 0. The van der Waals surface area contributed by atoms with E-state index >= 15 is 0 Å². The molecule has 1 aliphatic carbocycles. The van der Waals surface area contributed by atoms with Gasteiger partial charge in [-0.3, -0.25) is 4.90 Å². The smallest absolute Gasteiger partial charge is 0.243 e. The van der Waals surface area contributed by atoms with Crippen molar-refractivity contribution >= 4 is 10.0 Å². The number of ether oxygens (including phenoxy) is 3. The minimum Gasteiger partial charge on any atom is -0.486 e. The fourth-order valence-electron chi connectivity index (χ4n) is 4.95. The normalized spacial score (nSPS) is 22.2. The number of hydrogen-bond acceptors (Lipinski definition) is 7. The van der Waals surface area contributed by atoms with E-state index in [2.05, 4.69) is 23.1 Å². The number of aliphatic hydroxyl groups is 1. The molecular weight excluding hydrogens is 456 g/mol. The molecule has 2 heterocycles. The molecule has 0 saturated carbocycles. The number of aryl methyl sites for hydroxylation is 1. The first-order chi connectivity index (χ1) is 16.5. The molecule has 2 aromatic rings. The van der Waals surface area contributed by atoms with E-state index in [9.17, 15) is 13.5 Å². The number of piperazine rings is 1. The maximum absolute atomic E-state index is 13.1. The molecule has 1 N–H and O–H groups in total. The minimum absolute atomic E-state index is 0.0348. The highest BCUT2D eigenvalue weighted by Gasteiger charge is 2.30. The lowest BCUT2D eigenvalue weighted by Crippen LogP contribution is -2.50. The number of sulfonamides is 1. The lowest BCUT2D eigenvalue weighted by molar-refractivity contribution is -0.0304. The van der Waals surface area contributed by atoms with E-state index in [1.54, 1.807) is 18.2 Å². The van der Waals surface area contributed by atoms with Gasteiger partial charge in [-0.2, -0.15) is 4.31 Å². The first-order valence-corrected chi connectivity index (χ1v) is 13.4. The van der Waals surface area contributed by atoms with Crippen molar-refractivity contribution in [1.82, 2.24) is 9.21 Å². The van der Waals surface area contributed by atoms with Crippen molar-refractivity contribution in [3.05, 3.63) is 53.6 Å². The van der Waals surface area contributed by atoms with Crippen molar-refractivity contribution in [3.63, 3.8) is 0 Å². The van der Waals surface area contributed by atoms with Crippen LogP contribution in [0.2, 0.25) is 0 Å². The Morgan fingerprint density at radius 1 is 1.03 bits per heavy atom. The summed E-state index contributed by atoms with van der Waals surface area (Å²) in [5, 5.41) is 10.6. The number of hydrogen-bond donors (Lipinski definition) is 1. The van der Waals surface area contributed by atoms with Gasteiger partial charge in [-0.05, 0) is 42.5 Å². The summed E-state index contributed by atoms with van der Waals surface area (Å²) in [7, 11) is -3.62. The molecule has 0 aromatic heterocycles. The Morgan fingerprint density at radius 2 is 1.79 bits per heavy atom. The number of rotatable bonds is 7. The fraction of sp³-hybridized carbons (Fsp3) is 0.520. The summed E-state index contributed by atoms with van der Waals surface area (Å²) in [5.74, 6) is 1.04. The van der Waals surface area contributed by atoms with Crippen molar-refractivity contribution in [2.75, 3.05) is 52.5 Å². The van der Waals surface area contributed by atoms with Gasteiger partial charge in [0.15, 0.2) is 11.5 Å². The van der Waals surface area contributed by atoms with Crippen molar-refractivity contribution in [2.45, 2.75) is 36.4 Å². The molecular formula is C25H32N2O6S. The van der Waals surface area contributed by atoms with Crippen LogP contribution in [0.25, 0.3) is 0 Å². The summed E-state index contributed by atoms with van der Waals surface area (Å²) in [6.45, 7) is 3.49. The maximum atomic E-state index is 13.1. The molecule has 34 heavy (non-hydrogen) atoms. The monoisotopic (exact) mass is 488 g/mol. The molecule has 1 saturated heterocycles. The van der Waals surface area contributed by atoms with Crippen LogP contribution in [-0.2, 0) is 21.2 Å². The van der Waals surface area contributed by atoms with Gasteiger partial charge in [0.25, 0.3) is 0 Å². The van der Waals surface area contributed by atoms with E-state index in [1.165, 1.54) is 15.4 Å². The molecule has 0 spiro atoms. The van der Waals surface area contributed by atoms with Crippen molar-refractivity contribution in [2.24, 2.45) is 0 Å². The maximum Gasteiger partial charge on any atom is 0.243 e.